The fraction of sp³-hybridized carbons (Fsp3) is 0.444. The maximum absolute atomic E-state index is 11.2. The van der Waals surface area contributed by atoms with Crippen LogP contribution in [0.3, 0.4) is 0 Å². The van der Waals surface area contributed by atoms with Crippen LogP contribution < -0.4 is 5.32 Å². The van der Waals surface area contributed by atoms with Crippen LogP contribution in [0.2, 0.25) is 0 Å². The summed E-state index contributed by atoms with van der Waals surface area (Å²) in [4.78, 5) is 22.2. The fourth-order valence-electron chi connectivity index (χ4n) is 1.03. The van der Waals surface area contributed by atoms with E-state index in [1.807, 2.05) is 0 Å². The molecule has 1 aromatic heterocycles. The normalized spacial score (nSPS) is 11.9. The first-order valence-electron chi connectivity index (χ1n) is 4.61. The summed E-state index contributed by atoms with van der Waals surface area (Å²) in [5.41, 5.74) is 0.799. The third-order valence-electron chi connectivity index (χ3n) is 1.83. The Morgan fingerprint density at radius 1 is 1.67 bits per heavy atom. The number of carbonyl (C=O) groups is 2. The number of aromatic nitrogens is 2. The third kappa shape index (κ3) is 3.08. The minimum absolute atomic E-state index is 0.187. The zero-order chi connectivity index (χ0) is 11.3. The lowest BCUT2D eigenvalue weighted by Gasteiger charge is -2.10. The number of nitrogens with one attached hydrogen (secondary N) is 2. The number of ether oxygens (including phenoxy) is 1. The van der Waals surface area contributed by atoms with Crippen LogP contribution in [-0.2, 0) is 14.3 Å². The first-order chi connectivity index (χ1) is 7.15. The van der Waals surface area contributed by atoms with Gasteiger partial charge in [-0.2, -0.15) is 5.10 Å². The van der Waals surface area contributed by atoms with E-state index in [9.17, 15) is 9.59 Å². The summed E-state index contributed by atoms with van der Waals surface area (Å²) < 4.78 is 4.55. The van der Waals surface area contributed by atoms with Crippen molar-refractivity contribution in [3.05, 3.63) is 18.0 Å². The van der Waals surface area contributed by atoms with E-state index in [1.165, 1.54) is 0 Å². The standard InChI is InChI=1S/C9H13N3O3/c1-3-15-9(14)8(13)12-6(2)7-4-10-11-5-7/h4-6H,3H2,1-2H3,(H,10,11)(H,12,13). The van der Waals surface area contributed by atoms with Crippen LogP contribution in [0.4, 0.5) is 0 Å². The van der Waals surface area contributed by atoms with Gasteiger partial charge in [-0.1, -0.05) is 0 Å². The van der Waals surface area contributed by atoms with Gasteiger partial charge in [-0.25, -0.2) is 4.79 Å². The molecule has 0 spiro atoms. The third-order valence-corrected chi connectivity index (χ3v) is 1.83. The van der Waals surface area contributed by atoms with Gasteiger partial charge in [-0.3, -0.25) is 9.89 Å². The number of hydrogen-bond donors (Lipinski definition) is 2. The average molecular weight is 211 g/mol. The van der Waals surface area contributed by atoms with E-state index in [1.54, 1.807) is 26.2 Å². The van der Waals surface area contributed by atoms with Crippen LogP contribution in [0.5, 0.6) is 0 Å². The van der Waals surface area contributed by atoms with Crippen LogP contribution in [0.25, 0.3) is 0 Å². The van der Waals surface area contributed by atoms with Crippen molar-refractivity contribution < 1.29 is 14.3 Å². The second-order valence-electron chi connectivity index (χ2n) is 2.95. The second-order valence-corrected chi connectivity index (χ2v) is 2.95. The molecule has 0 aliphatic rings. The summed E-state index contributed by atoms with van der Waals surface area (Å²) in [5.74, 6) is -1.61. The molecular weight excluding hydrogens is 198 g/mol. The van der Waals surface area contributed by atoms with Crippen molar-refractivity contribution in [2.45, 2.75) is 19.9 Å². The number of hydrogen-bond acceptors (Lipinski definition) is 4. The molecule has 15 heavy (non-hydrogen) atoms. The lowest BCUT2D eigenvalue weighted by molar-refractivity contribution is -0.154. The van der Waals surface area contributed by atoms with Gasteiger partial charge in [0, 0.05) is 11.8 Å². The number of aromatic amines is 1. The molecule has 1 amide bonds. The summed E-state index contributed by atoms with van der Waals surface area (Å²) in [6, 6.07) is -0.277. The molecule has 1 heterocycles. The van der Waals surface area contributed by atoms with E-state index in [2.05, 4.69) is 20.3 Å². The Morgan fingerprint density at radius 2 is 2.40 bits per heavy atom. The zero-order valence-electron chi connectivity index (χ0n) is 8.61. The van der Waals surface area contributed by atoms with Gasteiger partial charge >= 0.3 is 11.9 Å². The molecule has 6 nitrogen and oxygen atoms in total. The predicted octanol–water partition coefficient (Wildman–Crippen LogP) is 0.150. The molecule has 1 rings (SSSR count). The van der Waals surface area contributed by atoms with E-state index in [-0.39, 0.29) is 12.6 Å². The summed E-state index contributed by atoms with van der Waals surface area (Å²) >= 11 is 0. The van der Waals surface area contributed by atoms with Crippen LogP contribution in [0.15, 0.2) is 12.4 Å². The fourth-order valence-corrected chi connectivity index (χ4v) is 1.03. The molecule has 0 bridgehead atoms. The maximum atomic E-state index is 11.2. The molecule has 2 N–H and O–H groups in total. The molecule has 0 aliphatic carbocycles. The predicted molar refractivity (Wildman–Crippen MR) is 51.8 cm³/mol. The monoisotopic (exact) mass is 211 g/mol. The van der Waals surface area contributed by atoms with Crippen molar-refractivity contribution in [3.8, 4) is 0 Å². The van der Waals surface area contributed by atoms with E-state index < -0.39 is 11.9 Å². The molecule has 1 unspecified atom stereocenters. The molecule has 0 saturated carbocycles. The molecule has 0 saturated heterocycles. The molecular formula is C9H13N3O3. The number of esters is 1. The van der Waals surface area contributed by atoms with Crippen LogP contribution in [0, 0.1) is 0 Å². The van der Waals surface area contributed by atoms with Gasteiger partial charge in [0.1, 0.15) is 0 Å². The SMILES string of the molecule is CCOC(=O)C(=O)NC(C)c1cn[nH]c1. The Bertz CT molecular complexity index is 334. The Labute approximate surface area is 87.0 Å². The van der Waals surface area contributed by atoms with Crippen LogP contribution >= 0.6 is 0 Å². The molecule has 82 valence electrons. The second kappa shape index (κ2) is 5.14. The molecule has 1 aromatic rings. The highest BCUT2D eigenvalue weighted by molar-refractivity contribution is 6.32. The van der Waals surface area contributed by atoms with Crippen molar-refractivity contribution >= 4 is 11.9 Å². The molecule has 1 atom stereocenters. The average Bonchev–Trinajstić information content (AvgIpc) is 2.70. The number of H-pyrrole nitrogens is 1. The Hall–Kier alpha value is -1.85. The van der Waals surface area contributed by atoms with Gasteiger partial charge in [0.25, 0.3) is 0 Å². The molecule has 0 radical (unpaired) electrons. The summed E-state index contributed by atoms with van der Waals surface area (Å²) in [6.45, 7) is 3.58. The van der Waals surface area contributed by atoms with E-state index in [0.717, 1.165) is 5.56 Å². The largest absolute Gasteiger partial charge is 0.459 e. The maximum Gasteiger partial charge on any atom is 0.396 e. The molecule has 0 aromatic carbocycles. The van der Waals surface area contributed by atoms with Gasteiger partial charge in [0.2, 0.25) is 0 Å². The first-order valence-corrected chi connectivity index (χ1v) is 4.61. The summed E-state index contributed by atoms with van der Waals surface area (Å²) in [6.07, 6.45) is 3.23. The van der Waals surface area contributed by atoms with Crippen molar-refractivity contribution in [2.75, 3.05) is 6.61 Å². The summed E-state index contributed by atoms with van der Waals surface area (Å²) in [5, 5.41) is 8.85. The number of carbonyl (C=O) groups excluding carboxylic acids is 2. The lowest BCUT2D eigenvalue weighted by Crippen LogP contribution is -2.34. The molecule has 0 aliphatic heterocycles. The van der Waals surface area contributed by atoms with Crippen LogP contribution in [-0.4, -0.2) is 28.7 Å². The smallest absolute Gasteiger partial charge is 0.396 e. The van der Waals surface area contributed by atoms with Gasteiger partial charge in [0.15, 0.2) is 0 Å². The minimum atomic E-state index is -0.868. The highest BCUT2D eigenvalue weighted by atomic mass is 16.5. The van der Waals surface area contributed by atoms with Crippen molar-refractivity contribution in [2.24, 2.45) is 0 Å². The lowest BCUT2D eigenvalue weighted by atomic mass is 10.2. The van der Waals surface area contributed by atoms with Gasteiger partial charge in [0.05, 0.1) is 18.8 Å². The Balaban J connectivity index is 2.48. The van der Waals surface area contributed by atoms with Gasteiger partial charge < -0.3 is 10.1 Å². The van der Waals surface area contributed by atoms with Gasteiger partial charge in [-0.05, 0) is 13.8 Å². The number of nitrogens with zero attached hydrogens (tertiary/aromatic N) is 1. The van der Waals surface area contributed by atoms with E-state index in [0.29, 0.717) is 0 Å². The van der Waals surface area contributed by atoms with E-state index >= 15 is 0 Å². The van der Waals surface area contributed by atoms with Crippen LogP contribution in [0.1, 0.15) is 25.5 Å². The van der Waals surface area contributed by atoms with Crippen molar-refractivity contribution in [1.82, 2.24) is 15.5 Å². The van der Waals surface area contributed by atoms with E-state index in [4.69, 9.17) is 0 Å². The number of rotatable bonds is 3. The Morgan fingerprint density at radius 3 is 2.93 bits per heavy atom. The highest BCUT2D eigenvalue weighted by Crippen LogP contribution is 2.08. The molecule has 0 fully saturated rings. The van der Waals surface area contributed by atoms with Crippen molar-refractivity contribution in [3.63, 3.8) is 0 Å². The van der Waals surface area contributed by atoms with Crippen molar-refractivity contribution in [1.29, 1.82) is 0 Å². The van der Waals surface area contributed by atoms with Gasteiger partial charge in [-0.15, -0.1) is 0 Å². The number of amides is 1. The molecule has 6 heteroatoms. The highest BCUT2D eigenvalue weighted by Gasteiger charge is 2.18. The minimum Gasteiger partial charge on any atom is -0.459 e. The zero-order valence-corrected chi connectivity index (χ0v) is 8.61. The first kappa shape index (κ1) is 11.2. The topological polar surface area (TPSA) is 84.1 Å². The quantitative estimate of drug-likeness (QED) is 0.550. The Kier molecular flexibility index (Phi) is 3.84. The summed E-state index contributed by atoms with van der Waals surface area (Å²) in [7, 11) is 0.